The fourth-order valence-corrected chi connectivity index (χ4v) is 3.16. The maximum absolute atomic E-state index is 10.0. The molecule has 3 atom stereocenters. The summed E-state index contributed by atoms with van der Waals surface area (Å²) in [4.78, 5) is 2.54. The summed E-state index contributed by atoms with van der Waals surface area (Å²) in [5, 5.41) is 10.0. The van der Waals surface area contributed by atoms with Gasteiger partial charge in [-0.3, -0.25) is 4.90 Å². The van der Waals surface area contributed by atoms with Crippen molar-refractivity contribution in [1.82, 2.24) is 4.90 Å². The van der Waals surface area contributed by atoms with Crippen LogP contribution in [0.15, 0.2) is 0 Å². The number of likely N-dealkylation sites (tertiary alicyclic amines) is 1. The Hall–Kier alpha value is -0.0800. The predicted octanol–water partition coefficient (Wildman–Crippen LogP) is 2.02. The standard InChI is InChI=1S/C12H23NO/c1-9(12(2,3)14)13-8-7-10-5-4-6-11(10)13/h9-11,14H,4-8H2,1-3H3/t9-,10-,11-/m1/s1. The second kappa shape index (κ2) is 3.49. The van der Waals surface area contributed by atoms with Gasteiger partial charge in [-0.1, -0.05) is 6.42 Å². The van der Waals surface area contributed by atoms with E-state index in [0.29, 0.717) is 6.04 Å². The van der Waals surface area contributed by atoms with Crippen molar-refractivity contribution in [3.05, 3.63) is 0 Å². The molecule has 2 aliphatic rings. The molecule has 2 heteroatoms. The van der Waals surface area contributed by atoms with E-state index in [4.69, 9.17) is 0 Å². The molecule has 2 rings (SSSR count). The van der Waals surface area contributed by atoms with Gasteiger partial charge in [-0.15, -0.1) is 0 Å². The summed E-state index contributed by atoms with van der Waals surface area (Å²) in [6, 6.07) is 1.08. The van der Waals surface area contributed by atoms with Crippen LogP contribution >= 0.6 is 0 Å². The van der Waals surface area contributed by atoms with Crippen LogP contribution in [0.5, 0.6) is 0 Å². The third-order valence-corrected chi connectivity index (χ3v) is 4.32. The van der Waals surface area contributed by atoms with E-state index in [-0.39, 0.29) is 0 Å². The molecule has 0 aromatic rings. The molecule has 0 aromatic heterocycles. The first-order chi connectivity index (χ1) is 6.50. The van der Waals surface area contributed by atoms with Crippen molar-refractivity contribution >= 4 is 0 Å². The first-order valence-electron chi connectivity index (χ1n) is 5.98. The van der Waals surface area contributed by atoms with Crippen molar-refractivity contribution in [2.75, 3.05) is 6.54 Å². The molecule has 1 aliphatic heterocycles. The summed E-state index contributed by atoms with van der Waals surface area (Å²) in [5.41, 5.74) is -0.558. The molecule has 1 heterocycles. The molecule has 0 aromatic carbocycles. The molecule has 0 spiro atoms. The lowest BCUT2D eigenvalue weighted by molar-refractivity contribution is -0.0179. The average molecular weight is 197 g/mol. The lowest BCUT2D eigenvalue weighted by atomic mass is 9.97. The third kappa shape index (κ3) is 1.70. The summed E-state index contributed by atoms with van der Waals surface area (Å²) >= 11 is 0. The van der Waals surface area contributed by atoms with Gasteiger partial charge in [0.25, 0.3) is 0 Å². The Morgan fingerprint density at radius 1 is 1.29 bits per heavy atom. The summed E-state index contributed by atoms with van der Waals surface area (Å²) in [6.07, 6.45) is 5.51. The normalized spacial score (nSPS) is 36.0. The van der Waals surface area contributed by atoms with Gasteiger partial charge >= 0.3 is 0 Å². The van der Waals surface area contributed by atoms with Crippen molar-refractivity contribution < 1.29 is 5.11 Å². The Morgan fingerprint density at radius 2 is 2.00 bits per heavy atom. The van der Waals surface area contributed by atoms with E-state index in [2.05, 4.69) is 11.8 Å². The van der Waals surface area contributed by atoms with Crippen LogP contribution in [0.3, 0.4) is 0 Å². The lowest BCUT2D eigenvalue weighted by Crippen LogP contribution is -2.49. The zero-order chi connectivity index (χ0) is 10.3. The summed E-state index contributed by atoms with van der Waals surface area (Å²) in [6.45, 7) is 7.22. The van der Waals surface area contributed by atoms with Crippen LogP contribution in [-0.4, -0.2) is 34.2 Å². The van der Waals surface area contributed by atoms with Gasteiger partial charge in [0.1, 0.15) is 0 Å². The van der Waals surface area contributed by atoms with Gasteiger partial charge in [0.2, 0.25) is 0 Å². The fourth-order valence-electron chi connectivity index (χ4n) is 3.16. The highest BCUT2D eigenvalue weighted by atomic mass is 16.3. The van der Waals surface area contributed by atoms with E-state index >= 15 is 0 Å². The third-order valence-electron chi connectivity index (χ3n) is 4.32. The Bertz CT molecular complexity index is 209. The number of rotatable bonds is 2. The zero-order valence-corrected chi connectivity index (χ0v) is 9.66. The maximum atomic E-state index is 10.0. The van der Waals surface area contributed by atoms with Crippen molar-refractivity contribution in [2.45, 2.75) is 64.1 Å². The van der Waals surface area contributed by atoms with Gasteiger partial charge in [-0.05, 0) is 52.5 Å². The first-order valence-corrected chi connectivity index (χ1v) is 5.98. The van der Waals surface area contributed by atoms with Gasteiger partial charge in [-0.25, -0.2) is 0 Å². The van der Waals surface area contributed by atoms with Crippen LogP contribution < -0.4 is 0 Å². The molecule has 14 heavy (non-hydrogen) atoms. The molecule has 0 unspecified atom stereocenters. The van der Waals surface area contributed by atoms with Gasteiger partial charge in [0.05, 0.1) is 5.60 Å². The molecule has 1 aliphatic carbocycles. The minimum atomic E-state index is -0.558. The van der Waals surface area contributed by atoms with Gasteiger partial charge < -0.3 is 5.11 Å². The van der Waals surface area contributed by atoms with Crippen molar-refractivity contribution in [1.29, 1.82) is 0 Å². The monoisotopic (exact) mass is 197 g/mol. The van der Waals surface area contributed by atoms with Crippen molar-refractivity contribution in [2.24, 2.45) is 5.92 Å². The summed E-state index contributed by atoms with van der Waals surface area (Å²) in [5.74, 6) is 0.930. The Labute approximate surface area is 87.3 Å². The highest BCUT2D eigenvalue weighted by Gasteiger charge is 2.42. The highest BCUT2D eigenvalue weighted by molar-refractivity contribution is 4.96. The molecule has 2 nitrogen and oxygen atoms in total. The molecule has 2 fully saturated rings. The molecule has 1 saturated heterocycles. The van der Waals surface area contributed by atoms with E-state index in [1.54, 1.807) is 0 Å². The number of aliphatic hydroxyl groups is 1. The predicted molar refractivity (Wildman–Crippen MR) is 58.2 cm³/mol. The van der Waals surface area contributed by atoms with Crippen LogP contribution in [0, 0.1) is 5.92 Å². The molecular weight excluding hydrogens is 174 g/mol. The minimum absolute atomic E-state index is 0.301. The van der Waals surface area contributed by atoms with Crippen LogP contribution in [0.1, 0.15) is 46.5 Å². The van der Waals surface area contributed by atoms with Crippen molar-refractivity contribution in [3.63, 3.8) is 0 Å². The SMILES string of the molecule is C[C@@H](N1CC[C@H]2CCC[C@H]21)C(C)(C)O. The fraction of sp³-hybridized carbons (Fsp3) is 1.00. The number of nitrogens with zero attached hydrogens (tertiary/aromatic N) is 1. The van der Waals surface area contributed by atoms with Crippen LogP contribution in [0.25, 0.3) is 0 Å². The second-order valence-corrected chi connectivity index (χ2v) is 5.61. The van der Waals surface area contributed by atoms with E-state index in [1.807, 2.05) is 13.8 Å². The average Bonchev–Trinajstić information content (AvgIpc) is 2.59. The maximum Gasteiger partial charge on any atom is 0.0743 e. The minimum Gasteiger partial charge on any atom is -0.389 e. The van der Waals surface area contributed by atoms with Gasteiger partial charge in [0.15, 0.2) is 0 Å². The molecule has 82 valence electrons. The zero-order valence-electron chi connectivity index (χ0n) is 9.66. The lowest BCUT2D eigenvalue weighted by Gasteiger charge is -2.37. The topological polar surface area (TPSA) is 23.5 Å². The molecule has 0 bridgehead atoms. The first kappa shape index (κ1) is 10.4. The van der Waals surface area contributed by atoms with E-state index in [9.17, 15) is 5.11 Å². The highest BCUT2D eigenvalue weighted by Crippen LogP contribution is 2.40. The van der Waals surface area contributed by atoms with E-state index in [1.165, 1.54) is 32.2 Å². The van der Waals surface area contributed by atoms with Crippen LogP contribution in [0.4, 0.5) is 0 Å². The number of hydrogen-bond acceptors (Lipinski definition) is 2. The molecule has 0 radical (unpaired) electrons. The Balaban J connectivity index is 2.05. The second-order valence-electron chi connectivity index (χ2n) is 5.61. The molecule has 0 amide bonds. The molecular formula is C12H23NO. The van der Waals surface area contributed by atoms with Gasteiger partial charge in [0, 0.05) is 12.1 Å². The smallest absolute Gasteiger partial charge is 0.0743 e. The Morgan fingerprint density at radius 3 is 2.64 bits per heavy atom. The van der Waals surface area contributed by atoms with Gasteiger partial charge in [-0.2, -0.15) is 0 Å². The van der Waals surface area contributed by atoms with Crippen molar-refractivity contribution in [3.8, 4) is 0 Å². The number of fused-ring (bicyclic) bond motifs is 1. The van der Waals surface area contributed by atoms with E-state index < -0.39 is 5.60 Å². The molecule has 1 saturated carbocycles. The summed E-state index contributed by atoms with van der Waals surface area (Å²) < 4.78 is 0. The molecule has 1 N–H and O–H groups in total. The summed E-state index contributed by atoms with van der Waals surface area (Å²) in [7, 11) is 0. The van der Waals surface area contributed by atoms with Crippen LogP contribution in [-0.2, 0) is 0 Å². The quantitative estimate of drug-likeness (QED) is 0.732. The largest absolute Gasteiger partial charge is 0.389 e. The number of hydrogen-bond donors (Lipinski definition) is 1. The Kier molecular flexibility index (Phi) is 2.61. The van der Waals surface area contributed by atoms with Crippen LogP contribution in [0.2, 0.25) is 0 Å². The van der Waals surface area contributed by atoms with E-state index in [0.717, 1.165) is 12.0 Å².